The summed E-state index contributed by atoms with van der Waals surface area (Å²) in [6.45, 7) is 5.75. The number of esters is 1. The lowest BCUT2D eigenvalue weighted by Crippen LogP contribution is -2.50. The molecule has 0 bridgehead atoms. The van der Waals surface area contributed by atoms with Crippen LogP contribution >= 0.6 is 0 Å². The van der Waals surface area contributed by atoms with Crippen molar-refractivity contribution < 1.29 is 46.9 Å². The number of halogens is 1. The van der Waals surface area contributed by atoms with Crippen molar-refractivity contribution in [2.45, 2.75) is 109 Å². The highest BCUT2D eigenvalue weighted by atomic mass is 19.1. The number of fused-ring (bicyclic) bond motifs is 1. The van der Waals surface area contributed by atoms with Crippen molar-refractivity contribution >= 4 is 40.5 Å². The molecule has 2 heterocycles. The van der Waals surface area contributed by atoms with Crippen LogP contribution in [0.4, 0.5) is 14.9 Å². The molecular formula is C39H56FN3O9. The van der Waals surface area contributed by atoms with Gasteiger partial charge < -0.3 is 38.9 Å². The van der Waals surface area contributed by atoms with Crippen LogP contribution in [0.5, 0.6) is 0 Å². The second-order valence-corrected chi connectivity index (χ2v) is 15.6. The Balaban J connectivity index is 1.27. The van der Waals surface area contributed by atoms with Crippen LogP contribution in [0.1, 0.15) is 95.5 Å². The molecule has 13 heteroatoms. The normalized spacial score (nSPS) is 25.8. The Labute approximate surface area is 305 Å². The Morgan fingerprint density at radius 3 is 2.35 bits per heavy atom. The van der Waals surface area contributed by atoms with Crippen LogP contribution in [-0.2, 0) is 28.5 Å². The lowest BCUT2D eigenvalue weighted by atomic mass is 9.75. The molecule has 12 nitrogen and oxygen atoms in total. The highest BCUT2D eigenvalue weighted by Gasteiger charge is 2.47. The van der Waals surface area contributed by atoms with Gasteiger partial charge in [-0.2, -0.15) is 0 Å². The van der Waals surface area contributed by atoms with Gasteiger partial charge in [-0.25, -0.2) is 14.0 Å². The van der Waals surface area contributed by atoms with E-state index in [4.69, 9.17) is 23.4 Å². The summed E-state index contributed by atoms with van der Waals surface area (Å²) in [6.07, 6.45) is 6.87. The summed E-state index contributed by atoms with van der Waals surface area (Å²) in [5.41, 5.74) is 0.332. The van der Waals surface area contributed by atoms with E-state index in [0.717, 1.165) is 32.1 Å². The number of furan rings is 1. The van der Waals surface area contributed by atoms with Crippen LogP contribution in [0, 0.1) is 23.7 Å². The zero-order valence-corrected chi connectivity index (χ0v) is 31.2. The van der Waals surface area contributed by atoms with Crippen LogP contribution in [-0.4, -0.2) is 93.2 Å². The highest BCUT2D eigenvalue weighted by Crippen LogP contribution is 2.42. The minimum atomic E-state index is -0.714. The number of hydrogen-bond donors (Lipinski definition) is 2. The molecule has 1 aliphatic heterocycles. The predicted molar refractivity (Wildman–Crippen MR) is 193 cm³/mol. The van der Waals surface area contributed by atoms with Crippen molar-refractivity contribution in [3.63, 3.8) is 0 Å². The average Bonchev–Trinajstić information content (AvgIpc) is 3.77. The Bertz CT molecular complexity index is 1520. The van der Waals surface area contributed by atoms with Gasteiger partial charge in [0, 0.05) is 50.8 Å². The highest BCUT2D eigenvalue weighted by molar-refractivity contribution is 6.00. The van der Waals surface area contributed by atoms with Gasteiger partial charge in [-0.15, -0.1) is 0 Å². The third-order valence-electron chi connectivity index (χ3n) is 10.9. The van der Waals surface area contributed by atoms with Crippen LogP contribution in [0.3, 0.4) is 0 Å². The SMILES string of the molecule is COCCCOC(=O)c1cc2cc(NC(=O)[C@@H]3[C@H](C4CCC(OC)CC4)CCN3C(=O)C3CCC([C@@H](CF)NC(=O)OC(C)(C)C)CC3)ccc2o1. The maximum absolute atomic E-state index is 14.3. The fourth-order valence-corrected chi connectivity index (χ4v) is 8.27. The summed E-state index contributed by atoms with van der Waals surface area (Å²) in [7, 11) is 3.32. The smallest absolute Gasteiger partial charge is 0.407 e. The van der Waals surface area contributed by atoms with E-state index in [1.54, 1.807) is 64.2 Å². The number of benzene rings is 1. The second kappa shape index (κ2) is 17.9. The molecule has 0 unspecified atom stereocenters. The summed E-state index contributed by atoms with van der Waals surface area (Å²) in [5, 5.41) is 6.41. The van der Waals surface area contributed by atoms with Gasteiger partial charge in [0.05, 0.1) is 18.8 Å². The quantitative estimate of drug-likeness (QED) is 0.171. The van der Waals surface area contributed by atoms with E-state index in [9.17, 15) is 23.6 Å². The molecule has 5 rings (SSSR count). The molecule has 3 fully saturated rings. The molecule has 2 aromatic rings. The fraction of sp³-hybridized carbons (Fsp3) is 0.692. The minimum Gasteiger partial charge on any atom is -0.460 e. The topological polar surface area (TPSA) is 146 Å². The number of anilines is 1. The first-order valence-electron chi connectivity index (χ1n) is 18.8. The molecule has 2 saturated carbocycles. The number of alkyl carbamates (subject to hydrolysis) is 1. The summed E-state index contributed by atoms with van der Waals surface area (Å²) >= 11 is 0. The molecule has 1 aromatic heterocycles. The number of amides is 3. The molecule has 0 radical (unpaired) electrons. The number of nitrogens with zero attached hydrogens (tertiary/aromatic N) is 1. The van der Waals surface area contributed by atoms with Crippen molar-refractivity contribution in [3.05, 3.63) is 30.0 Å². The van der Waals surface area contributed by atoms with Gasteiger partial charge in [0.15, 0.2) is 0 Å². The lowest BCUT2D eigenvalue weighted by Gasteiger charge is -2.38. The number of rotatable bonds is 13. The summed E-state index contributed by atoms with van der Waals surface area (Å²) in [4.78, 5) is 55.1. The van der Waals surface area contributed by atoms with E-state index < -0.39 is 36.4 Å². The third kappa shape index (κ3) is 10.0. The number of likely N-dealkylation sites (tertiary alicyclic amines) is 1. The molecule has 2 aliphatic carbocycles. The number of methoxy groups -OCH3 is 2. The second-order valence-electron chi connectivity index (χ2n) is 15.6. The van der Waals surface area contributed by atoms with E-state index in [-0.39, 0.29) is 54.0 Å². The first kappa shape index (κ1) is 39.5. The van der Waals surface area contributed by atoms with Crippen LogP contribution in [0.25, 0.3) is 11.0 Å². The maximum atomic E-state index is 14.3. The molecular weight excluding hydrogens is 673 g/mol. The van der Waals surface area contributed by atoms with E-state index >= 15 is 0 Å². The Kier molecular flexibility index (Phi) is 13.6. The minimum absolute atomic E-state index is 0.00387. The lowest BCUT2D eigenvalue weighted by molar-refractivity contribution is -0.142. The summed E-state index contributed by atoms with van der Waals surface area (Å²) < 4.78 is 41.0. The predicted octanol–water partition coefficient (Wildman–Crippen LogP) is 6.66. The van der Waals surface area contributed by atoms with Crippen LogP contribution < -0.4 is 10.6 Å². The first-order chi connectivity index (χ1) is 24.9. The van der Waals surface area contributed by atoms with Crippen LogP contribution in [0.15, 0.2) is 28.7 Å². The molecule has 3 amide bonds. The Hall–Kier alpha value is -3.71. The standard InChI is InChI=1S/C39H56FN3O9/c1-39(2,3)52-38(47)42-31(23-40)25-7-9-26(10-8-25)36(45)43-18-17-30(24-11-14-29(49-5)15-12-24)34(43)35(44)41-28-13-16-32-27(21-28)22-33(51-32)37(46)50-20-6-19-48-4/h13,16,21-22,24-26,29-31,34H,6-12,14-15,17-20,23H2,1-5H3,(H,41,44)(H,42,47)/t24?,25?,26?,29?,30-,31+,34-/m0/s1. The van der Waals surface area contributed by atoms with Gasteiger partial charge >= 0.3 is 12.1 Å². The molecule has 2 N–H and O–H groups in total. The van der Waals surface area contributed by atoms with E-state index in [2.05, 4.69) is 10.6 Å². The van der Waals surface area contributed by atoms with Gasteiger partial charge in [0.25, 0.3) is 0 Å². The number of ether oxygens (including phenoxy) is 4. The summed E-state index contributed by atoms with van der Waals surface area (Å²) in [6, 6.07) is 5.46. The number of nitrogens with one attached hydrogen (secondary N) is 2. The number of alkyl halides is 1. The van der Waals surface area contributed by atoms with Gasteiger partial charge in [0.1, 0.15) is 23.9 Å². The molecule has 1 aromatic carbocycles. The number of hydrogen-bond acceptors (Lipinski definition) is 9. The van der Waals surface area contributed by atoms with Crippen molar-refractivity contribution in [2.24, 2.45) is 23.7 Å². The largest absolute Gasteiger partial charge is 0.460 e. The average molecular weight is 730 g/mol. The van der Waals surface area contributed by atoms with Gasteiger partial charge in [0.2, 0.25) is 17.6 Å². The zero-order valence-electron chi connectivity index (χ0n) is 31.2. The number of carbonyl (C=O) groups is 4. The Morgan fingerprint density at radius 2 is 1.69 bits per heavy atom. The fourth-order valence-electron chi connectivity index (χ4n) is 8.27. The molecule has 0 spiro atoms. The Morgan fingerprint density at radius 1 is 0.962 bits per heavy atom. The zero-order chi connectivity index (χ0) is 37.4. The van der Waals surface area contributed by atoms with Crippen molar-refractivity contribution in [3.8, 4) is 0 Å². The third-order valence-corrected chi connectivity index (χ3v) is 10.9. The van der Waals surface area contributed by atoms with Crippen LogP contribution in [0.2, 0.25) is 0 Å². The van der Waals surface area contributed by atoms with Gasteiger partial charge in [-0.05, 0) is 121 Å². The first-order valence-corrected chi connectivity index (χ1v) is 18.8. The number of carbonyl (C=O) groups excluding carboxylic acids is 4. The molecule has 288 valence electrons. The van der Waals surface area contributed by atoms with Crippen molar-refractivity contribution in [1.29, 1.82) is 0 Å². The van der Waals surface area contributed by atoms with E-state index in [1.165, 1.54) is 0 Å². The maximum Gasteiger partial charge on any atom is 0.407 e. The van der Waals surface area contributed by atoms with Gasteiger partial charge in [-0.1, -0.05) is 0 Å². The molecule has 3 atom stereocenters. The van der Waals surface area contributed by atoms with E-state index in [1.807, 2.05) is 0 Å². The van der Waals surface area contributed by atoms with Crippen molar-refractivity contribution in [1.82, 2.24) is 10.2 Å². The monoisotopic (exact) mass is 729 g/mol. The molecule has 1 saturated heterocycles. The molecule has 52 heavy (non-hydrogen) atoms. The van der Waals surface area contributed by atoms with Crippen molar-refractivity contribution in [2.75, 3.05) is 46.0 Å². The molecule has 3 aliphatic rings. The van der Waals surface area contributed by atoms with E-state index in [0.29, 0.717) is 61.9 Å². The summed E-state index contributed by atoms with van der Waals surface area (Å²) in [5.74, 6) is -0.885. The van der Waals surface area contributed by atoms with Gasteiger partial charge in [-0.3, -0.25) is 9.59 Å².